The van der Waals surface area contributed by atoms with Crippen molar-refractivity contribution < 1.29 is 0 Å². The highest BCUT2D eigenvalue weighted by Gasteiger charge is 2.26. The van der Waals surface area contributed by atoms with E-state index >= 15 is 0 Å². The van der Waals surface area contributed by atoms with Gasteiger partial charge in [-0.15, -0.1) is 5.10 Å². The predicted molar refractivity (Wildman–Crippen MR) is 58.2 cm³/mol. The van der Waals surface area contributed by atoms with Crippen molar-refractivity contribution in [3.8, 4) is 0 Å². The molecule has 0 saturated carbocycles. The minimum atomic E-state index is -0.650. The third-order valence-electron chi connectivity index (χ3n) is 2.38. The summed E-state index contributed by atoms with van der Waals surface area (Å²) in [6.07, 6.45) is 3.49. The second-order valence-corrected chi connectivity index (χ2v) is 3.30. The van der Waals surface area contributed by atoms with E-state index in [1.54, 1.807) is 12.1 Å². The van der Waals surface area contributed by atoms with E-state index in [1.165, 1.54) is 7.05 Å². The fourth-order valence-corrected chi connectivity index (χ4v) is 1.60. The predicted octanol–water partition coefficient (Wildman–Crippen LogP) is 1.42. The summed E-state index contributed by atoms with van der Waals surface area (Å²) in [5.74, 6) is 5.47. The summed E-state index contributed by atoms with van der Waals surface area (Å²) >= 11 is 0. The first kappa shape index (κ1) is 8.93. The van der Waals surface area contributed by atoms with E-state index < -0.39 is 4.65 Å². The molecule has 0 saturated heterocycles. The van der Waals surface area contributed by atoms with Crippen molar-refractivity contribution in [1.29, 1.82) is 0 Å². The van der Waals surface area contributed by atoms with Crippen LogP contribution in [0.2, 0.25) is 0 Å². The summed E-state index contributed by atoms with van der Waals surface area (Å²) in [6.45, 7) is 0. The highest BCUT2D eigenvalue weighted by atomic mass is 16.5. The Kier molecular flexibility index (Phi) is 1.87. The number of hydrogen-bond donors (Lipinski definition) is 1. The van der Waals surface area contributed by atoms with Gasteiger partial charge in [0.2, 0.25) is 5.84 Å². The molecule has 0 amide bonds. The highest BCUT2D eigenvalue weighted by molar-refractivity contribution is 6.08. The molecule has 2 rings (SSSR count). The number of fused-ring (bicyclic) bond motifs is 1. The van der Waals surface area contributed by atoms with Gasteiger partial charge in [-0.1, -0.05) is 12.1 Å². The molecule has 1 heterocycles. The summed E-state index contributed by atoms with van der Waals surface area (Å²) in [7, 11) is 1.52. The molecule has 4 nitrogen and oxygen atoms in total. The number of benzene rings is 1. The maximum atomic E-state index is 12.2. The van der Waals surface area contributed by atoms with Crippen LogP contribution < -0.4 is 10.5 Å². The summed E-state index contributed by atoms with van der Waals surface area (Å²) in [5.41, 5.74) is 1.58. The number of nitrogens with zero attached hydrogens (tertiary/aromatic N) is 2. The minimum absolute atomic E-state index is 0.309. The van der Waals surface area contributed by atoms with Crippen molar-refractivity contribution in [2.45, 2.75) is 0 Å². The molecule has 1 aliphatic heterocycles. The van der Waals surface area contributed by atoms with Crippen LogP contribution in [0.5, 0.6) is 0 Å². The first-order valence-corrected chi connectivity index (χ1v) is 4.30. The summed E-state index contributed by atoms with van der Waals surface area (Å²) in [6, 6.07) is 7.42. The first-order chi connectivity index (χ1) is 6.66. The maximum Gasteiger partial charge on any atom is 0.248 e. The van der Waals surface area contributed by atoms with E-state index in [0.717, 1.165) is 5.56 Å². The molecule has 1 aliphatic rings. The van der Waals surface area contributed by atoms with Crippen molar-refractivity contribution in [3.05, 3.63) is 41.1 Å². The van der Waals surface area contributed by atoms with Crippen LogP contribution in [-0.4, -0.2) is 12.9 Å². The van der Waals surface area contributed by atoms with Crippen LogP contribution in [-0.2, 0) is 0 Å². The summed E-state index contributed by atoms with van der Waals surface area (Å²) < 4.78 is -0.650. The highest BCUT2D eigenvalue weighted by Crippen LogP contribution is 2.30. The lowest BCUT2D eigenvalue weighted by molar-refractivity contribution is 0.653. The zero-order chi connectivity index (χ0) is 10.2. The van der Waals surface area contributed by atoms with E-state index in [1.807, 2.05) is 24.3 Å². The van der Waals surface area contributed by atoms with Crippen LogP contribution in [0.4, 0.5) is 5.69 Å². The maximum absolute atomic E-state index is 12.2. The van der Waals surface area contributed by atoms with E-state index in [0.29, 0.717) is 11.5 Å². The third kappa shape index (κ3) is 1.13. The number of para-hydroxylation sites is 1. The van der Waals surface area contributed by atoms with Gasteiger partial charge in [0.1, 0.15) is 5.69 Å². The molecular formula is C10H11N3O. The van der Waals surface area contributed by atoms with Crippen molar-refractivity contribution >= 4 is 17.6 Å². The molecule has 14 heavy (non-hydrogen) atoms. The minimum Gasteiger partial charge on any atom is -0.621 e. The van der Waals surface area contributed by atoms with Crippen LogP contribution in [0.15, 0.2) is 35.4 Å². The Bertz CT molecular complexity index is 421. The fraction of sp³-hybridized carbons (Fsp3) is 0.100. The van der Waals surface area contributed by atoms with Crippen molar-refractivity contribution in [2.75, 3.05) is 7.05 Å². The smallest absolute Gasteiger partial charge is 0.248 e. The van der Waals surface area contributed by atoms with Crippen LogP contribution in [0.1, 0.15) is 5.56 Å². The quantitative estimate of drug-likeness (QED) is 0.290. The number of hydrazone groups is 1. The van der Waals surface area contributed by atoms with Gasteiger partial charge >= 0.3 is 0 Å². The molecule has 0 fully saturated rings. The monoisotopic (exact) mass is 189 g/mol. The third-order valence-corrected chi connectivity index (χ3v) is 2.38. The Morgan fingerprint density at radius 3 is 2.71 bits per heavy atom. The Balaban J connectivity index is 2.65. The lowest BCUT2D eigenvalue weighted by Crippen LogP contribution is -2.46. The second-order valence-electron chi connectivity index (χ2n) is 3.30. The van der Waals surface area contributed by atoms with E-state index in [9.17, 15) is 5.21 Å². The Hall–Kier alpha value is -1.65. The average Bonchev–Trinajstić information content (AvgIpc) is 2.18. The van der Waals surface area contributed by atoms with E-state index in [2.05, 4.69) is 5.10 Å². The Morgan fingerprint density at radius 2 is 2.00 bits per heavy atom. The first-order valence-electron chi connectivity index (χ1n) is 4.30. The van der Waals surface area contributed by atoms with E-state index in [-0.39, 0.29) is 0 Å². The number of hydroxylamine groups is 2. The van der Waals surface area contributed by atoms with Gasteiger partial charge in [-0.3, -0.25) is 4.65 Å². The normalized spacial score (nSPS) is 27.7. The molecule has 1 unspecified atom stereocenters. The zero-order valence-corrected chi connectivity index (χ0v) is 7.84. The number of amidine groups is 1. The Labute approximate surface area is 82.1 Å². The van der Waals surface area contributed by atoms with Gasteiger partial charge in [-0.2, -0.15) is 0 Å². The number of rotatable bonds is 0. The largest absolute Gasteiger partial charge is 0.621 e. The molecule has 4 heteroatoms. The lowest BCUT2D eigenvalue weighted by atomic mass is 10.1. The van der Waals surface area contributed by atoms with Crippen molar-refractivity contribution in [2.24, 2.45) is 10.9 Å². The number of likely N-dealkylation sites (N-methyl/N-ethyl adjacent to an activating group) is 1. The molecule has 1 aromatic rings. The van der Waals surface area contributed by atoms with Gasteiger partial charge < -0.3 is 11.0 Å². The topological polar surface area (TPSA) is 61.4 Å². The molecule has 0 aromatic heterocycles. The van der Waals surface area contributed by atoms with Crippen LogP contribution in [0, 0.1) is 5.21 Å². The number of quaternary nitrogens is 1. The molecule has 0 radical (unpaired) electrons. The molecule has 2 N–H and O–H groups in total. The number of hydrogen-bond acceptors (Lipinski definition) is 3. The average molecular weight is 189 g/mol. The fourth-order valence-electron chi connectivity index (χ4n) is 1.60. The molecule has 1 aromatic carbocycles. The van der Waals surface area contributed by atoms with E-state index in [4.69, 9.17) is 5.84 Å². The molecule has 0 aliphatic carbocycles. The number of nitrogens with two attached hydrogens (primary N) is 1. The summed E-state index contributed by atoms with van der Waals surface area (Å²) in [4.78, 5) is 0. The van der Waals surface area contributed by atoms with Crippen LogP contribution in [0.25, 0.3) is 6.08 Å². The molecule has 0 bridgehead atoms. The van der Waals surface area contributed by atoms with Crippen LogP contribution >= 0.6 is 0 Å². The molecular weight excluding hydrogens is 178 g/mol. The van der Waals surface area contributed by atoms with Gasteiger partial charge in [0.25, 0.3) is 0 Å². The lowest BCUT2D eigenvalue weighted by Gasteiger charge is -2.39. The summed E-state index contributed by atoms with van der Waals surface area (Å²) in [5, 5.41) is 15.7. The Morgan fingerprint density at radius 1 is 1.29 bits per heavy atom. The standard InChI is InChI=1S/C10H11N3O/c1-13(14)9-5-3-2-4-8(9)6-7-10(13)12-11/h2-7H,11H2,1H3. The van der Waals surface area contributed by atoms with Gasteiger partial charge in [-0.05, 0) is 12.1 Å². The van der Waals surface area contributed by atoms with Crippen molar-refractivity contribution in [3.63, 3.8) is 0 Å². The van der Waals surface area contributed by atoms with Gasteiger partial charge in [-0.25, -0.2) is 0 Å². The molecule has 72 valence electrons. The zero-order valence-electron chi connectivity index (χ0n) is 7.84. The van der Waals surface area contributed by atoms with Gasteiger partial charge in [0.15, 0.2) is 0 Å². The van der Waals surface area contributed by atoms with Gasteiger partial charge in [0.05, 0.1) is 7.05 Å². The van der Waals surface area contributed by atoms with Gasteiger partial charge in [0, 0.05) is 17.7 Å². The van der Waals surface area contributed by atoms with Crippen LogP contribution in [0.3, 0.4) is 0 Å². The van der Waals surface area contributed by atoms with Crippen molar-refractivity contribution in [1.82, 2.24) is 4.65 Å². The molecule has 0 spiro atoms. The molecule has 1 atom stereocenters. The SMILES string of the molecule is C[N+]1([O-])C(=NN)C=Cc2ccccc21. The second kappa shape index (κ2) is 2.94.